The number of benzene rings is 2. The Bertz CT molecular complexity index is 974. The van der Waals surface area contributed by atoms with Gasteiger partial charge in [-0.1, -0.05) is 23.7 Å². The van der Waals surface area contributed by atoms with E-state index in [0.29, 0.717) is 22.3 Å². The zero-order valence-corrected chi connectivity index (χ0v) is 16.0. The van der Waals surface area contributed by atoms with E-state index in [-0.39, 0.29) is 11.6 Å². The van der Waals surface area contributed by atoms with E-state index in [1.165, 1.54) is 12.4 Å². The molecule has 1 aromatic heterocycles. The highest BCUT2D eigenvalue weighted by Gasteiger charge is 2.12. The summed E-state index contributed by atoms with van der Waals surface area (Å²) in [6, 6.07) is 11.1. The van der Waals surface area contributed by atoms with Crippen molar-refractivity contribution >= 4 is 34.7 Å². The third kappa shape index (κ3) is 4.54. The molecule has 0 aliphatic rings. The maximum atomic E-state index is 12.5. The molecule has 2 aromatic carbocycles. The molecule has 0 atom stereocenters. The van der Waals surface area contributed by atoms with Crippen molar-refractivity contribution < 1.29 is 9.53 Å². The first-order valence-electron chi connectivity index (χ1n) is 8.27. The van der Waals surface area contributed by atoms with Crippen LogP contribution in [0.15, 0.2) is 48.8 Å². The second kappa shape index (κ2) is 8.05. The molecule has 2 N–H and O–H groups in total. The lowest BCUT2D eigenvalue weighted by molar-refractivity contribution is 0.102. The number of halogens is 1. The van der Waals surface area contributed by atoms with E-state index in [4.69, 9.17) is 16.3 Å². The van der Waals surface area contributed by atoms with E-state index in [1.807, 2.05) is 44.2 Å². The Morgan fingerprint density at radius 3 is 2.56 bits per heavy atom. The Balaban J connectivity index is 1.74. The average molecular weight is 383 g/mol. The summed E-state index contributed by atoms with van der Waals surface area (Å²) in [6.45, 7) is 3.90. The molecular weight excluding hydrogens is 364 g/mol. The lowest BCUT2D eigenvalue weighted by atomic mass is 10.2. The fourth-order valence-electron chi connectivity index (χ4n) is 2.48. The number of nitrogens with one attached hydrogen (secondary N) is 2. The Morgan fingerprint density at radius 1 is 1.04 bits per heavy atom. The number of hydrogen-bond donors (Lipinski definition) is 2. The molecule has 0 radical (unpaired) electrons. The van der Waals surface area contributed by atoms with Crippen molar-refractivity contribution in [3.8, 4) is 5.75 Å². The van der Waals surface area contributed by atoms with Gasteiger partial charge in [0.05, 0.1) is 25.2 Å². The van der Waals surface area contributed by atoms with Crippen LogP contribution in [0.1, 0.15) is 21.6 Å². The van der Waals surface area contributed by atoms with E-state index in [1.54, 1.807) is 13.2 Å². The molecule has 0 saturated carbocycles. The topological polar surface area (TPSA) is 76.1 Å². The summed E-state index contributed by atoms with van der Waals surface area (Å²) in [5.74, 6) is 0.735. The van der Waals surface area contributed by atoms with Gasteiger partial charge in [-0.05, 0) is 49.2 Å². The molecule has 0 bridgehead atoms. The molecule has 6 nitrogen and oxygen atoms in total. The van der Waals surface area contributed by atoms with Gasteiger partial charge in [0.1, 0.15) is 17.3 Å². The van der Waals surface area contributed by atoms with Gasteiger partial charge in [-0.2, -0.15) is 0 Å². The summed E-state index contributed by atoms with van der Waals surface area (Å²) in [4.78, 5) is 20.9. The van der Waals surface area contributed by atoms with Gasteiger partial charge in [0, 0.05) is 10.7 Å². The van der Waals surface area contributed by atoms with Crippen LogP contribution in [0, 0.1) is 13.8 Å². The zero-order valence-electron chi connectivity index (χ0n) is 15.2. The summed E-state index contributed by atoms with van der Waals surface area (Å²) in [7, 11) is 1.55. The second-order valence-corrected chi connectivity index (χ2v) is 6.47. The second-order valence-electron chi connectivity index (χ2n) is 6.03. The molecule has 0 unspecified atom stereocenters. The monoisotopic (exact) mass is 382 g/mol. The number of ether oxygens (including phenoxy) is 1. The van der Waals surface area contributed by atoms with Crippen molar-refractivity contribution in [2.45, 2.75) is 13.8 Å². The Morgan fingerprint density at radius 2 is 1.85 bits per heavy atom. The molecule has 0 aliphatic carbocycles. The molecule has 3 aromatic rings. The van der Waals surface area contributed by atoms with E-state index in [2.05, 4.69) is 20.6 Å². The molecule has 0 aliphatic heterocycles. The first-order chi connectivity index (χ1) is 13.0. The van der Waals surface area contributed by atoms with Gasteiger partial charge < -0.3 is 15.4 Å². The van der Waals surface area contributed by atoms with Crippen LogP contribution >= 0.6 is 11.6 Å². The number of carbonyl (C=O) groups excluding carboxylic acids is 1. The van der Waals surface area contributed by atoms with Gasteiger partial charge in [-0.25, -0.2) is 9.97 Å². The van der Waals surface area contributed by atoms with E-state index in [9.17, 15) is 4.79 Å². The first kappa shape index (κ1) is 18.7. The minimum atomic E-state index is -0.364. The molecule has 138 valence electrons. The highest BCUT2D eigenvalue weighted by Crippen LogP contribution is 2.26. The fraction of sp³-hybridized carbons (Fsp3) is 0.150. The third-order valence-electron chi connectivity index (χ3n) is 3.95. The van der Waals surface area contributed by atoms with Crippen molar-refractivity contribution in [2.24, 2.45) is 0 Å². The molecule has 1 amide bonds. The number of anilines is 3. The minimum absolute atomic E-state index is 0.201. The molecule has 0 spiro atoms. The van der Waals surface area contributed by atoms with E-state index >= 15 is 0 Å². The maximum absolute atomic E-state index is 12.5. The number of nitrogens with zero attached hydrogens (tertiary/aromatic N) is 2. The smallest absolute Gasteiger partial charge is 0.275 e. The summed E-state index contributed by atoms with van der Waals surface area (Å²) in [6.07, 6.45) is 2.92. The van der Waals surface area contributed by atoms with Crippen LogP contribution in [0.5, 0.6) is 5.75 Å². The molecule has 0 saturated heterocycles. The van der Waals surface area contributed by atoms with Crippen LogP contribution in [0.2, 0.25) is 5.02 Å². The standard InChI is InChI=1S/C20H19ClN4O2/c1-12-4-7-18(27-3)16(8-12)25-20(26)17-10-23-19(11-22-17)24-15-9-14(21)6-5-13(15)2/h4-11H,1-3H3,(H,23,24)(H,25,26). The SMILES string of the molecule is COc1ccc(C)cc1NC(=O)c1cnc(Nc2cc(Cl)ccc2C)cn1. The van der Waals surface area contributed by atoms with Gasteiger partial charge in [0.25, 0.3) is 5.91 Å². The van der Waals surface area contributed by atoms with Gasteiger partial charge in [-0.3, -0.25) is 4.79 Å². The highest BCUT2D eigenvalue weighted by atomic mass is 35.5. The number of hydrogen-bond acceptors (Lipinski definition) is 5. The molecule has 3 rings (SSSR count). The van der Waals surface area contributed by atoms with Crippen molar-refractivity contribution in [3.05, 3.63) is 70.6 Å². The van der Waals surface area contributed by atoms with Crippen LogP contribution in [-0.4, -0.2) is 23.0 Å². The number of methoxy groups -OCH3 is 1. The molecular formula is C20H19ClN4O2. The van der Waals surface area contributed by atoms with Gasteiger partial charge in [0.15, 0.2) is 0 Å². The minimum Gasteiger partial charge on any atom is -0.495 e. The van der Waals surface area contributed by atoms with Gasteiger partial charge in [0.2, 0.25) is 0 Å². The Hall–Kier alpha value is -3.12. The van der Waals surface area contributed by atoms with Crippen LogP contribution in [0.3, 0.4) is 0 Å². The van der Waals surface area contributed by atoms with Crippen LogP contribution in [0.25, 0.3) is 0 Å². The summed E-state index contributed by atoms with van der Waals surface area (Å²) in [5, 5.41) is 6.57. The van der Waals surface area contributed by atoms with Gasteiger partial charge >= 0.3 is 0 Å². The van der Waals surface area contributed by atoms with Crippen molar-refractivity contribution in [1.29, 1.82) is 0 Å². The predicted molar refractivity (Wildman–Crippen MR) is 107 cm³/mol. The van der Waals surface area contributed by atoms with Gasteiger partial charge in [-0.15, -0.1) is 0 Å². The lowest BCUT2D eigenvalue weighted by Crippen LogP contribution is -2.15. The molecule has 27 heavy (non-hydrogen) atoms. The maximum Gasteiger partial charge on any atom is 0.275 e. The van der Waals surface area contributed by atoms with Crippen molar-refractivity contribution in [1.82, 2.24) is 9.97 Å². The molecule has 7 heteroatoms. The number of aromatic nitrogens is 2. The summed E-state index contributed by atoms with van der Waals surface area (Å²) >= 11 is 6.02. The average Bonchev–Trinajstić information content (AvgIpc) is 2.65. The quantitative estimate of drug-likeness (QED) is 0.665. The highest BCUT2D eigenvalue weighted by molar-refractivity contribution is 6.30. The largest absolute Gasteiger partial charge is 0.495 e. The van der Waals surface area contributed by atoms with Crippen LogP contribution < -0.4 is 15.4 Å². The molecule has 0 fully saturated rings. The molecule has 1 heterocycles. The number of rotatable bonds is 5. The number of aryl methyl sites for hydroxylation is 2. The Kier molecular flexibility index (Phi) is 5.57. The Labute approximate surface area is 162 Å². The number of amides is 1. The zero-order chi connectivity index (χ0) is 19.4. The van der Waals surface area contributed by atoms with E-state index in [0.717, 1.165) is 16.8 Å². The normalized spacial score (nSPS) is 10.4. The van der Waals surface area contributed by atoms with Crippen LogP contribution in [0.4, 0.5) is 17.2 Å². The predicted octanol–water partition coefficient (Wildman–Crippen LogP) is 4.75. The van der Waals surface area contributed by atoms with E-state index < -0.39 is 0 Å². The summed E-state index contributed by atoms with van der Waals surface area (Å²) in [5.41, 5.74) is 3.65. The first-order valence-corrected chi connectivity index (χ1v) is 8.65. The number of carbonyl (C=O) groups is 1. The van der Waals surface area contributed by atoms with Crippen molar-refractivity contribution in [2.75, 3.05) is 17.7 Å². The van der Waals surface area contributed by atoms with Crippen LogP contribution in [-0.2, 0) is 0 Å². The third-order valence-corrected chi connectivity index (χ3v) is 4.19. The lowest BCUT2D eigenvalue weighted by Gasteiger charge is -2.11. The summed E-state index contributed by atoms with van der Waals surface area (Å²) < 4.78 is 5.27. The fourth-order valence-corrected chi connectivity index (χ4v) is 2.65. The van der Waals surface area contributed by atoms with Crippen molar-refractivity contribution in [3.63, 3.8) is 0 Å².